The van der Waals surface area contributed by atoms with Crippen molar-refractivity contribution < 1.29 is 9.13 Å². The Bertz CT molecular complexity index is 828. The Balaban J connectivity index is 1.90. The molecule has 0 radical (unpaired) electrons. The minimum absolute atomic E-state index is 0.0499. The summed E-state index contributed by atoms with van der Waals surface area (Å²) in [6.07, 6.45) is 0. The van der Waals surface area contributed by atoms with Crippen LogP contribution in [-0.2, 0) is 13.6 Å². The van der Waals surface area contributed by atoms with E-state index in [4.69, 9.17) is 4.74 Å². The number of nitrogens with zero attached hydrogens (tertiary/aromatic N) is 2. The molecule has 1 aromatic heterocycles. The maximum Gasteiger partial charge on any atom is 0.216 e. The molecule has 0 spiro atoms. The summed E-state index contributed by atoms with van der Waals surface area (Å²) in [7, 11) is 3.51. The molecular formula is C20H22FN3O. The van der Waals surface area contributed by atoms with Crippen molar-refractivity contribution in [3.63, 3.8) is 0 Å². The molecule has 25 heavy (non-hydrogen) atoms. The van der Waals surface area contributed by atoms with Gasteiger partial charge >= 0.3 is 0 Å². The Morgan fingerprint density at radius 3 is 2.36 bits per heavy atom. The topological polar surface area (TPSA) is 39.1 Å². The molecule has 130 valence electrons. The summed E-state index contributed by atoms with van der Waals surface area (Å²) < 4.78 is 20.5. The lowest BCUT2D eigenvalue weighted by Gasteiger charge is -2.20. The maximum atomic E-state index is 13.3. The Hall–Kier alpha value is -2.66. The molecule has 0 bridgehead atoms. The van der Waals surface area contributed by atoms with Gasteiger partial charge in [0.15, 0.2) is 0 Å². The molecule has 4 nitrogen and oxygen atoms in total. The van der Waals surface area contributed by atoms with E-state index in [1.165, 1.54) is 12.1 Å². The van der Waals surface area contributed by atoms with Crippen molar-refractivity contribution in [2.24, 2.45) is 7.05 Å². The van der Waals surface area contributed by atoms with Gasteiger partial charge in [0, 0.05) is 13.6 Å². The van der Waals surface area contributed by atoms with E-state index in [-0.39, 0.29) is 11.9 Å². The van der Waals surface area contributed by atoms with E-state index in [9.17, 15) is 4.39 Å². The number of ether oxygens (including phenoxy) is 1. The highest BCUT2D eigenvalue weighted by atomic mass is 19.1. The first-order valence-corrected chi connectivity index (χ1v) is 8.20. The largest absolute Gasteiger partial charge is 0.481 e. The van der Waals surface area contributed by atoms with Gasteiger partial charge < -0.3 is 10.1 Å². The SMILES string of the molecule is COc1c(CN[C@H](c2ccccc2)c2ccc(F)cc2)c(C)nn1C. The zero-order valence-electron chi connectivity index (χ0n) is 14.7. The average molecular weight is 339 g/mol. The molecule has 0 aliphatic carbocycles. The van der Waals surface area contributed by atoms with E-state index in [0.717, 1.165) is 28.3 Å². The number of methoxy groups -OCH3 is 1. The lowest BCUT2D eigenvalue weighted by atomic mass is 9.98. The summed E-state index contributed by atoms with van der Waals surface area (Å²) >= 11 is 0. The molecule has 0 unspecified atom stereocenters. The number of halogens is 1. The zero-order chi connectivity index (χ0) is 17.8. The summed E-state index contributed by atoms with van der Waals surface area (Å²) in [4.78, 5) is 0. The molecule has 1 heterocycles. The predicted octanol–water partition coefficient (Wildman–Crippen LogP) is 3.76. The zero-order valence-corrected chi connectivity index (χ0v) is 14.7. The van der Waals surface area contributed by atoms with Crippen LogP contribution < -0.4 is 10.1 Å². The van der Waals surface area contributed by atoms with Crippen molar-refractivity contribution in [3.8, 4) is 5.88 Å². The van der Waals surface area contributed by atoms with Crippen molar-refractivity contribution in [2.45, 2.75) is 19.5 Å². The fraction of sp³-hybridized carbons (Fsp3) is 0.250. The fourth-order valence-corrected chi connectivity index (χ4v) is 3.07. The molecule has 0 amide bonds. The first-order chi connectivity index (χ1) is 12.1. The van der Waals surface area contributed by atoms with Crippen LogP contribution in [0.25, 0.3) is 0 Å². The van der Waals surface area contributed by atoms with E-state index in [1.54, 1.807) is 11.8 Å². The molecule has 1 N–H and O–H groups in total. The smallest absolute Gasteiger partial charge is 0.216 e. The monoisotopic (exact) mass is 339 g/mol. The van der Waals surface area contributed by atoms with Gasteiger partial charge in [-0.1, -0.05) is 42.5 Å². The quantitative estimate of drug-likeness (QED) is 0.743. The standard InChI is InChI=1S/C20H22FN3O/c1-14-18(20(25-3)24(2)23-14)13-22-19(15-7-5-4-6-8-15)16-9-11-17(21)12-10-16/h4-12,19,22H,13H2,1-3H3/t19-/m1/s1. The van der Waals surface area contributed by atoms with Gasteiger partial charge in [-0.05, 0) is 30.2 Å². The molecule has 0 aliphatic rings. The van der Waals surface area contributed by atoms with Crippen LogP contribution in [0.5, 0.6) is 5.88 Å². The van der Waals surface area contributed by atoms with Crippen LogP contribution in [0.4, 0.5) is 4.39 Å². The Morgan fingerprint density at radius 1 is 1.08 bits per heavy atom. The molecule has 0 saturated heterocycles. The Labute approximate surface area is 147 Å². The van der Waals surface area contributed by atoms with Crippen molar-refractivity contribution >= 4 is 0 Å². The number of hydrogen-bond donors (Lipinski definition) is 1. The molecule has 1 atom stereocenters. The van der Waals surface area contributed by atoms with Crippen LogP contribution in [0.3, 0.4) is 0 Å². The molecule has 0 fully saturated rings. The van der Waals surface area contributed by atoms with Crippen molar-refractivity contribution in [1.82, 2.24) is 15.1 Å². The predicted molar refractivity (Wildman–Crippen MR) is 96.0 cm³/mol. The van der Waals surface area contributed by atoms with Crippen LogP contribution in [0.15, 0.2) is 54.6 Å². The van der Waals surface area contributed by atoms with Crippen molar-refractivity contribution in [3.05, 3.63) is 82.8 Å². The highest BCUT2D eigenvalue weighted by Crippen LogP contribution is 2.26. The van der Waals surface area contributed by atoms with Crippen molar-refractivity contribution in [2.75, 3.05) is 7.11 Å². The number of nitrogens with one attached hydrogen (secondary N) is 1. The summed E-state index contributed by atoms with van der Waals surface area (Å²) in [6, 6.07) is 16.7. The normalized spacial score (nSPS) is 12.2. The molecular weight excluding hydrogens is 317 g/mol. The van der Waals surface area contributed by atoms with Crippen LogP contribution in [0.1, 0.15) is 28.4 Å². The van der Waals surface area contributed by atoms with Crippen LogP contribution in [0, 0.1) is 12.7 Å². The van der Waals surface area contributed by atoms with E-state index in [1.807, 2.05) is 44.3 Å². The average Bonchev–Trinajstić information content (AvgIpc) is 2.90. The lowest BCUT2D eigenvalue weighted by Crippen LogP contribution is -2.22. The minimum Gasteiger partial charge on any atom is -0.481 e. The van der Waals surface area contributed by atoms with Crippen LogP contribution in [-0.4, -0.2) is 16.9 Å². The summed E-state index contributed by atoms with van der Waals surface area (Å²) in [6.45, 7) is 2.56. The Morgan fingerprint density at radius 2 is 1.72 bits per heavy atom. The molecule has 3 rings (SSSR count). The third kappa shape index (κ3) is 3.72. The highest BCUT2D eigenvalue weighted by molar-refractivity contribution is 5.34. The molecule has 3 aromatic rings. The second-order valence-corrected chi connectivity index (χ2v) is 5.97. The Kier molecular flexibility index (Phi) is 5.14. The van der Waals surface area contributed by atoms with Gasteiger partial charge in [0.25, 0.3) is 0 Å². The molecule has 0 saturated carbocycles. The third-order valence-electron chi connectivity index (χ3n) is 4.30. The first kappa shape index (κ1) is 17.2. The second kappa shape index (κ2) is 7.49. The van der Waals surface area contributed by atoms with Crippen LogP contribution in [0.2, 0.25) is 0 Å². The van der Waals surface area contributed by atoms with Gasteiger partial charge in [0.1, 0.15) is 5.82 Å². The number of hydrogen-bond acceptors (Lipinski definition) is 3. The maximum absolute atomic E-state index is 13.3. The summed E-state index contributed by atoms with van der Waals surface area (Å²) in [5.74, 6) is 0.510. The number of aromatic nitrogens is 2. The molecule has 2 aromatic carbocycles. The van der Waals surface area contributed by atoms with Crippen molar-refractivity contribution in [1.29, 1.82) is 0 Å². The van der Waals surface area contributed by atoms with Gasteiger partial charge in [-0.2, -0.15) is 5.10 Å². The van der Waals surface area contributed by atoms with Gasteiger partial charge in [-0.3, -0.25) is 0 Å². The highest BCUT2D eigenvalue weighted by Gasteiger charge is 2.18. The number of benzene rings is 2. The van der Waals surface area contributed by atoms with Gasteiger partial charge in [0.2, 0.25) is 5.88 Å². The van der Waals surface area contributed by atoms with E-state index in [2.05, 4.69) is 22.5 Å². The van der Waals surface area contributed by atoms with Gasteiger partial charge in [-0.15, -0.1) is 0 Å². The number of aryl methyl sites for hydroxylation is 2. The number of rotatable bonds is 6. The van der Waals surface area contributed by atoms with E-state index in [0.29, 0.717) is 6.54 Å². The van der Waals surface area contributed by atoms with E-state index < -0.39 is 0 Å². The minimum atomic E-state index is -0.236. The summed E-state index contributed by atoms with van der Waals surface area (Å²) in [5.41, 5.74) is 4.08. The van der Waals surface area contributed by atoms with Crippen LogP contribution >= 0.6 is 0 Å². The third-order valence-corrected chi connectivity index (χ3v) is 4.30. The fourth-order valence-electron chi connectivity index (χ4n) is 3.07. The molecule has 0 aliphatic heterocycles. The van der Waals surface area contributed by atoms with Gasteiger partial charge in [-0.25, -0.2) is 9.07 Å². The first-order valence-electron chi connectivity index (χ1n) is 8.20. The lowest BCUT2D eigenvalue weighted by molar-refractivity contribution is 0.367. The second-order valence-electron chi connectivity index (χ2n) is 5.97. The van der Waals surface area contributed by atoms with Gasteiger partial charge in [0.05, 0.1) is 24.4 Å². The summed E-state index contributed by atoms with van der Waals surface area (Å²) in [5, 5.41) is 7.98. The molecule has 5 heteroatoms. The van der Waals surface area contributed by atoms with E-state index >= 15 is 0 Å².